The second kappa shape index (κ2) is 5.82. The summed E-state index contributed by atoms with van der Waals surface area (Å²) >= 11 is 5.64. The molecule has 0 atom stereocenters. The molecular weight excluding hydrogens is 233 g/mol. The lowest BCUT2D eigenvalue weighted by atomic mass is 10.2. The molecule has 0 spiro atoms. The van der Waals surface area contributed by atoms with E-state index in [0.717, 1.165) is 0 Å². The Bertz CT molecular complexity index is 384. The van der Waals surface area contributed by atoms with Crippen LogP contribution >= 0.6 is 11.6 Å². The SMILES string of the molecule is CN(CCC(=O)O)Cc1cccc(Cl)c1F. The molecule has 1 aromatic carbocycles. The van der Waals surface area contributed by atoms with Gasteiger partial charge in [0.15, 0.2) is 0 Å². The highest BCUT2D eigenvalue weighted by atomic mass is 35.5. The van der Waals surface area contributed by atoms with Crippen molar-refractivity contribution >= 4 is 17.6 Å². The van der Waals surface area contributed by atoms with Gasteiger partial charge in [0.2, 0.25) is 0 Å². The fourth-order valence-electron chi connectivity index (χ4n) is 1.33. The van der Waals surface area contributed by atoms with E-state index in [1.54, 1.807) is 24.1 Å². The van der Waals surface area contributed by atoms with Crippen molar-refractivity contribution in [2.45, 2.75) is 13.0 Å². The van der Waals surface area contributed by atoms with Crippen LogP contribution in [0.1, 0.15) is 12.0 Å². The van der Waals surface area contributed by atoms with E-state index in [4.69, 9.17) is 16.7 Å². The van der Waals surface area contributed by atoms with Crippen molar-refractivity contribution in [3.05, 3.63) is 34.6 Å². The van der Waals surface area contributed by atoms with Crippen LogP contribution in [-0.4, -0.2) is 29.6 Å². The van der Waals surface area contributed by atoms with Crippen LogP contribution in [0, 0.1) is 5.82 Å². The third kappa shape index (κ3) is 3.79. The van der Waals surface area contributed by atoms with E-state index in [1.807, 2.05) is 0 Å². The number of carbonyl (C=O) groups is 1. The molecule has 0 amide bonds. The Hall–Kier alpha value is -1.13. The molecule has 0 aliphatic heterocycles. The molecule has 3 nitrogen and oxygen atoms in total. The summed E-state index contributed by atoms with van der Waals surface area (Å²) in [6, 6.07) is 4.79. The highest BCUT2D eigenvalue weighted by Gasteiger charge is 2.09. The van der Waals surface area contributed by atoms with Gasteiger partial charge in [-0.2, -0.15) is 0 Å². The summed E-state index contributed by atoms with van der Waals surface area (Å²) in [6.07, 6.45) is 0.0404. The molecule has 0 aliphatic rings. The molecule has 0 saturated heterocycles. The lowest BCUT2D eigenvalue weighted by molar-refractivity contribution is -0.137. The Morgan fingerprint density at radius 2 is 2.25 bits per heavy atom. The number of carboxylic acids is 1. The number of aliphatic carboxylic acids is 1. The molecule has 1 N–H and O–H groups in total. The van der Waals surface area contributed by atoms with Gasteiger partial charge in [0.25, 0.3) is 0 Å². The van der Waals surface area contributed by atoms with Gasteiger partial charge in [0, 0.05) is 18.7 Å². The quantitative estimate of drug-likeness (QED) is 0.866. The van der Waals surface area contributed by atoms with Crippen molar-refractivity contribution in [3.63, 3.8) is 0 Å². The topological polar surface area (TPSA) is 40.5 Å². The van der Waals surface area contributed by atoms with E-state index in [0.29, 0.717) is 18.7 Å². The van der Waals surface area contributed by atoms with Gasteiger partial charge in [0.1, 0.15) is 5.82 Å². The van der Waals surface area contributed by atoms with Gasteiger partial charge < -0.3 is 10.0 Å². The maximum absolute atomic E-state index is 13.5. The second-order valence-corrected chi connectivity index (χ2v) is 4.00. The van der Waals surface area contributed by atoms with Gasteiger partial charge in [-0.05, 0) is 13.1 Å². The molecule has 0 unspecified atom stereocenters. The molecule has 88 valence electrons. The van der Waals surface area contributed by atoms with Gasteiger partial charge in [-0.3, -0.25) is 4.79 Å². The monoisotopic (exact) mass is 245 g/mol. The molecule has 16 heavy (non-hydrogen) atoms. The first-order valence-corrected chi connectivity index (χ1v) is 5.21. The first-order chi connectivity index (χ1) is 7.50. The molecule has 5 heteroatoms. The average molecular weight is 246 g/mol. The van der Waals surface area contributed by atoms with Gasteiger partial charge >= 0.3 is 5.97 Å². The van der Waals surface area contributed by atoms with Crippen LogP contribution in [0.25, 0.3) is 0 Å². The number of rotatable bonds is 5. The predicted octanol–water partition coefficient (Wildman–Crippen LogP) is 2.39. The maximum Gasteiger partial charge on any atom is 0.304 e. The van der Waals surface area contributed by atoms with E-state index < -0.39 is 11.8 Å². The van der Waals surface area contributed by atoms with Gasteiger partial charge in [-0.15, -0.1) is 0 Å². The second-order valence-electron chi connectivity index (χ2n) is 3.59. The zero-order chi connectivity index (χ0) is 12.1. The van der Waals surface area contributed by atoms with Crippen LogP contribution in [0.3, 0.4) is 0 Å². The third-order valence-electron chi connectivity index (χ3n) is 2.18. The zero-order valence-corrected chi connectivity index (χ0v) is 9.67. The van der Waals surface area contributed by atoms with Crippen LogP contribution in [-0.2, 0) is 11.3 Å². The highest BCUT2D eigenvalue weighted by Crippen LogP contribution is 2.18. The van der Waals surface area contributed by atoms with E-state index in [9.17, 15) is 9.18 Å². The summed E-state index contributed by atoms with van der Waals surface area (Å²) < 4.78 is 13.5. The summed E-state index contributed by atoms with van der Waals surface area (Å²) in [5.74, 6) is -1.30. The minimum Gasteiger partial charge on any atom is -0.481 e. The van der Waals surface area contributed by atoms with Crippen LogP contribution in [0.2, 0.25) is 5.02 Å². The van der Waals surface area contributed by atoms with Crippen molar-refractivity contribution < 1.29 is 14.3 Å². The van der Waals surface area contributed by atoms with Crippen molar-refractivity contribution in [2.24, 2.45) is 0 Å². The number of halogens is 2. The Morgan fingerprint density at radius 1 is 1.56 bits per heavy atom. The molecule has 1 rings (SSSR count). The number of carboxylic acid groups (broad SMARTS) is 1. The van der Waals surface area contributed by atoms with Gasteiger partial charge in [-0.25, -0.2) is 4.39 Å². The van der Waals surface area contributed by atoms with E-state index in [2.05, 4.69) is 0 Å². The third-order valence-corrected chi connectivity index (χ3v) is 2.47. The number of benzene rings is 1. The van der Waals surface area contributed by atoms with Gasteiger partial charge in [0.05, 0.1) is 11.4 Å². The first kappa shape index (κ1) is 12.9. The molecule has 0 fully saturated rings. The summed E-state index contributed by atoms with van der Waals surface area (Å²) in [7, 11) is 1.74. The fourth-order valence-corrected chi connectivity index (χ4v) is 1.52. The molecule has 0 heterocycles. The number of hydrogen-bond donors (Lipinski definition) is 1. The molecule has 1 aromatic rings. The van der Waals surface area contributed by atoms with Crippen LogP contribution < -0.4 is 0 Å². The summed E-state index contributed by atoms with van der Waals surface area (Å²) in [4.78, 5) is 12.1. The summed E-state index contributed by atoms with van der Waals surface area (Å²) in [5, 5.41) is 8.59. The molecule has 0 saturated carbocycles. The van der Waals surface area contributed by atoms with Crippen LogP contribution in [0.5, 0.6) is 0 Å². The molecule has 0 aliphatic carbocycles. The van der Waals surface area contributed by atoms with Crippen molar-refractivity contribution in [1.82, 2.24) is 4.90 Å². The zero-order valence-electron chi connectivity index (χ0n) is 8.91. The Labute approximate surface area is 98.4 Å². The molecule has 0 bridgehead atoms. The number of nitrogens with zero attached hydrogens (tertiary/aromatic N) is 1. The summed E-state index contributed by atoms with van der Waals surface area (Å²) in [5.41, 5.74) is 0.473. The summed E-state index contributed by atoms with van der Waals surface area (Å²) in [6.45, 7) is 0.723. The lowest BCUT2D eigenvalue weighted by Crippen LogP contribution is -2.21. The molecule has 0 radical (unpaired) electrons. The van der Waals surface area contributed by atoms with Gasteiger partial charge in [-0.1, -0.05) is 23.7 Å². The van der Waals surface area contributed by atoms with Crippen LogP contribution in [0.4, 0.5) is 4.39 Å². The van der Waals surface area contributed by atoms with Crippen molar-refractivity contribution in [2.75, 3.05) is 13.6 Å². The highest BCUT2D eigenvalue weighted by molar-refractivity contribution is 6.30. The normalized spacial score (nSPS) is 10.8. The van der Waals surface area contributed by atoms with Crippen LogP contribution in [0.15, 0.2) is 18.2 Å². The van der Waals surface area contributed by atoms with Crippen molar-refractivity contribution in [3.8, 4) is 0 Å². The average Bonchev–Trinajstić information content (AvgIpc) is 2.22. The molecule has 0 aromatic heterocycles. The predicted molar refractivity (Wildman–Crippen MR) is 60.0 cm³/mol. The fraction of sp³-hybridized carbons (Fsp3) is 0.364. The van der Waals surface area contributed by atoms with E-state index in [1.165, 1.54) is 6.07 Å². The largest absolute Gasteiger partial charge is 0.481 e. The standard InChI is InChI=1S/C11H13ClFNO2/c1-14(6-5-10(15)16)7-8-3-2-4-9(12)11(8)13/h2-4H,5-7H2,1H3,(H,15,16). The Balaban J connectivity index is 2.59. The van der Waals surface area contributed by atoms with E-state index in [-0.39, 0.29) is 11.4 Å². The maximum atomic E-state index is 13.5. The Kier molecular flexibility index (Phi) is 4.71. The molecular formula is C11H13ClFNO2. The minimum absolute atomic E-state index is 0.0404. The first-order valence-electron chi connectivity index (χ1n) is 4.84. The van der Waals surface area contributed by atoms with E-state index >= 15 is 0 Å². The van der Waals surface area contributed by atoms with Crippen molar-refractivity contribution in [1.29, 1.82) is 0 Å². The number of hydrogen-bond acceptors (Lipinski definition) is 2. The Morgan fingerprint density at radius 3 is 2.88 bits per heavy atom. The lowest BCUT2D eigenvalue weighted by Gasteiger charge is -2.16. The smallest absolute Gasteiger partial charge is 0.304 e. The minimum atomic E-state index is -0.863.